The van der Waals surface area contributed by atoms with E-state index in [2.05, 4.69) is 17.3 Å². The van der Waals surface area contributed by atoms with Crippen molar-refractivity contribution in [2.45, 2.75) is 51.4 Å². The van der Waals surface area contributed by atoms with Crippen molar-refractivity contribution in [3.05, 3.63) is 16.6 Å². The van der Waals surface area contributed by atoms with E-state index in [-0.39, 0.29) is 0 Å². The molecule has 0 unspecified atom stereocenters. The van der Waals surface area contributed by atoms with Crippen LogP contribution < -0.4 is 0 Å². The molecule has 1 aliphatic carbocycles. The number of nitrogens with zero attached hydrogens (tertiary/aromatic N) is 1. The molecule has 1 aromatic rings. The molecule has 0 saturated heterocycles. The molecule has 1 nitrogen and oxygen atoms in total. The minimum Gasteiger partial charge on any atom is -0.249 e. The van der Waals surface area contributed by atoms with Crippen LogP contribution in [0.5, 0.6) is 0 Å². The molecular formula is C12H19NS. The van der Waals surface area contributed by atoms with Gasteiger partial charge in [0.05, 0.1) is 5.01 Å². The summed E-state index contributed by atoms with van der Waals surface area (Å²) in [6, 6.07) is 0. The maximum Gasteiger partial charge on any atom is 0.0955 e. The zero-order valence-corrected chi connectivity index (χ0v) is 9.72. The maximum atomic E-state index is 4.43. The molecule has 2 rings (SSSR count). The van der Waals surface area contributed by atoms with Gasteiger partial charge in [0.1, 0.15) is 0 Å². The van der Waals surface area contributed by atoms with Crippen molar-refractivity contribution in [3.63, 3.8) is 0 Å². The normalized spacial score (nSPS) is 27.8. The highest BCUT2D eigenvalue weighted by Gasteiger charge is 2.22. The van der Waals surface area contributed by atoms with Gasteiger partial charge < -0.3 is 0 Å². The molecule has 1 aromatic heterocycles. The summed E-state index contributed by atoms with van der Waals surface area (Å²) in [5.74, 6) is 1.79. The van der Waals surface area contributed by atoms with Gasteiger partial charge in [-0.05, 0) is 31.6 Å². The van der Waals surface area contributed by atoms with E-state index in [1.165, 1.54) is 43.5 Å². The molecule has 0 spiro atoms. The van der Waals surface area contributed by atoms with Crippen LogP contribution in [0, 0.1) is 5.92 Å². The van der Waals surface area contributed by atoms with E-state index in [1.54, 1.807) is 0 Å². The third-order valence-electron chi connectivity index (χ3n) is 3.34. The second-order valence-corrected chi connectivity index (χ2v) is 5.30. The summed E-state index contributed by atoms with van der Waals surface area (Å²) in [5, 5.41) is 3.48. The van der Waals surface area contributed by atoms with Gasteiger partial charge in [0.2, 0.25) is 0 Å². The Labute approximate surface area is 90.6 Å². The molecule has 0 N–H and O–H groups in total. The van der Waals surface area contributed by atoms with Gasteiger partial charge in [0.15, 0.2) is 0 Å². The van der Waals surface area contributed by atoms with Crippen LogP contribution in [0.3, 0.4) is 0 Å². The van der Waals surface area contributed by atoms with E-state index < -0.39 is 0 Å². The maximum absolute atomic E-state index is 4.43. The topological polar surface area (TPSA) is 12.9 Å². The average molecular weight is 209 g/mol. The quantitative estimate of drug-likeness (QED) is 0.726. The molecule has 0 atom stereocenters. The van der Waals surface area contributed by atoms with Crippen molar-refractivity contribution in [1.29, 1.82) is 0 Å². The molecule has 2 heteroatoms. The molecule has 1 fully saturated rings. The number of thiazole rings is 1. The summed E-state index contributed by atoms with van der Waals surface area (Å²) in [5.41, 5.74) is 0. The second-order valence-electron chi connectivity index (χ2n) is 4.38. The highest BCUT2D eigenvalue weighted by atomic mass is 32.1. The third-order valence-corrected chi connectivity index (χ3v) is 4.28. The van der Waals surface area contributed by atoms with Crippen molar-refractivity contribution < 1.29 is 0 Å². The minimum atomic E-state index is 0.781. The van der Waals surface area contributed by atoms with E-state index in [0.717, 1.165) is 11.8 Å². The fourth-order valence-corrected chi connectivity index (χ4v) is 3.35. The first-order chi connectivity index (χ1) is 6.90. The number of hydrogen-bond acceptors (Lipinski definition) is 2. The predicted octanol–water partition coefficient (Wildman–Crippen LogP) is 4.22. The smallest absolute Gasteiger partial charge is 0.0955 e. The lowest BCUT2D eigenvalue weighted by molar-refractivity contribution is 0.308. The van der Waals surface area contributed by atoms with E-state index in [9.17, 15) is 0 Å². The average Bonchev–Trinajstić information content (AvgIpc) is 2.72. The molecule has 0 aliphatic heterocycles. The first kappa shape index (κ1) is 10.2. The van der Waals surface area contributed by atoms with Crippen LogP contribution >= 0.6 is 11.3 Å². The van der Waals surface area contributed by atoms with Crippen molar-refractivity contribution in [1.82, 2.24) is 4.98 Å². The number of aromatic nitrogens is 1. The van der Waals surface area contributed by atoms with Crippen LogP contribution in [-0.2, 0) is 0 Å². The minimum absolute atomic E-state index is 0.781. The zero-order chi connectivity index (χ0) is 9.80. The third kappa shape index (κ3) is 2.35. The van der Waals surface area contributed by atoms with Gasteiger partial charge >= 0.3 is 0 Å². The van der Waals surface area contributed by atoms with Gasteiger partial charge in [-0.2, -0.15) is 0 Å². The number of hydrogen-bond donors (Lipinski definition) is 0. The van der Waals surface area contributed by atoms with Gasteiger partial charge in [-0.1, -0.05) is 19.8 Å². The zero-order valence-electron chi connectivity index (χ0n) is 8.91. The Morgan fingerprint density at radius 3 is 2.71 bits per heavy atom. The molecule has 0 bridgehead atoms. The molecular weight excluding hydrogens is 190 g/mol. The van der Waals surface area contributed by atoms with Gasteiger partial charge in [-0.15, -0.1) is 11.3 Å². The lowest BCUT2D eigenvalue weighted by atomic mass is 9.80. The molecule has 1 heterocycles. The predicted molar refractivity (Wildman–Crippen MR) is 61.7 cm³/mol. The van der Waals surface area contributed by atoms with Crippen molar-refractivity contribution in [2.75, 3.05) is 0 Å². The van der Waals surface area contributed by atoms with E-state index in [0.29, 0.717) is 0 Å². The lowest BCUT2D eigenvalue weighted by Crippen LogP contribution is -2.12. The highest BCUT2D eigenvalue weighted by Crippen LogP contribution is 2.37. The summed E-state index contributed by atoms with van der Waals surface area (Å²) in [6.45, 7) is 2.30. The Morgan fingerprint density at radius 1 is 1.36 bits per heavy atom. The van der Waals surface area contributed by atoms with Gasteiger partial charge in [-0.3, -0.25) is 0 Å². The van der Waals surface area contributed by atoms with E-state index in [1.807, 2.05) is 17.5 Å². The van der Waals surface area contributed by atoms with Gasteiger partial charge in [-0.25, -0.2) is 4.98 Å². The van der Waals surface area contributed by atoms with Crippen LogP contribution in [0.15, 0.2) is 11.6 Å². The van der Waals surface area contributed by atoms with Crippen LogP contribution in [0.2, 0.25) is 0 Å². The highest BCUT2D eigenvalue weighted by molar-refractivity contribution is 7.09. The van der Waals surface area contributed by atoms with Crippen LogP contribution in [0.4, 0.5) is 0 Å². The Hall–Kier alpha value is -0.370. The summed E-state index contributed by atoms with van der Waals surface area (Å²) >= 11 is 1.83. The van der Waals surface area contributed by atoms with E-state index in [4.69, 9.17) is 0 Å². The van der Waals surface area contributed by atoms with Crippen molar-refractivity contribution in [2.24, 2.45) is 5.92 Å². The fraction of sp³-hybridized carbons (Fsp3) is 0.750. The molecule has 0 radical (unpaired) electrons. The molecule has 14 heavy (non-hydrogen) atoms. The molecule has 0 aromatic carbocycles. The lowest BCUT2D eigenvalue weighted by Gasteiger charge is -2.26. The summed E-state index contributed by atoms with van der Waals surface area (Å²) in [4.78, 5) is 4.43. The fourth-order valence-electron chi connectivity index (χ4n) is 2.54. The Kier molecular flexibility index (Phi) is 3.57. The first-order valence-corrected chi connectivity index (χ1v) is 6.67. The Balaban J connectivity index is 1.84. The molecule has 78 valence electrons. The van der Waals surface area contributed by atoms with Crippen LogP contribution in [-0.4, -0.2) is 4.98 Å². The number of rotatable bonds is 3. The van der Waals surface area contributed by atoms with Gasteiger partial charge in [0.25, 0.3) is 0 Å². The Bertz CT molecular complexity index is 247. The van der Waals surface area contributed by atoms with Crippen molar-refractivity contribution in [3.8, 4) is 0 Å². The Morgan fingerprint density at radius 2 is 2.14 bits per heavy atom. The largest absolute Gasteiger partial charge is 0.249 e. The standard InChI is InChI=1S/C12H19NS/c1-2-3-10-4-6-11(7-5-10)12-13-8-9-14-12/h8-11H,2-7H2,1H3. The summed E-state index contributed by atoms with van der Waals surface area (Å²) < 4.78 is 0. The monoisotopic (exact) mass is 209 g/mol. The second kappa shape index (κ2) is 4.92. The van der Waals surface area contributed by atoms with Gasteiger partial charge in [0, 0.05) is 17.5 Å². The molecule has 1 saturated carbocycles. The molecule has 0 amide bonds. The van der Waals surface area contributed by atoms with E-state index >= 15 is 0 Å². The summed E-state index contributed by atoms with van der Waals surface area (Å²) in [7, 11) is 0. The van der Waals surface area contributed by atoms with Crippen LogP contribution in [0.25, 0.3) is 0 Å². The van der Waals surface area contributed by atoms with Crippen LogP contribution in [0.1, 0.15) is 56.4 Å². The first-order valence-electron chi connectivity index (χ1n) is 5.79. The SMILES string of the molecule is CCCC1CCC(c2nccs2)CC1. The summed E-state index contributed by atoms with van der Waals surface area (Å²) in [6.07, 6.45) is 10.3. The van der Waals surface area contributed by atoms with Crippen molar-refractivity contribution >= 4 is 11.3 Å². The molecule has 1 aliphatic rings.